The summed E-state index contributed by atoms with van der Waals surface area (Å²) in [5.41, 5.74) is 0. The molecule has 16 heavy (non-hydrogen) atoms. The Morgan fingerprint density at radius 1 is 1.19 bits per heavy atom. The quantitative estimate of drug-likeness (QED) is 0.809. The van der Waals surface area contributed by atoms with Crippen molar-refractivity contribution < 1.29 is 0 Å². The van der Waals surface area contributed by atoms with Crippen molar-refractivity contribution in [3.8, 4) is 0 Å². The molecule has 1 saturated carbocycles. The first-order chi connectivity index (χ1) is 7.68. The molecular formula is C12H21N3S. The highest BCUT2D eigenvalue weighted by Crippen LogP contribution is 2.30. The van der Waals surface area contributed by atoms with Crippen molar-refractivity contribution in [2.75, 3.05) is 11.9 Å². The highest BCUT2D eigenvalue weighted by molar-refractivity contribution is 7.15. The Balaban J connectivity index is 2.04. The summed E-state index contributed by atoms with van der Waals surface area (Å²) >= 11 is 1.75. The van der Waals surface area contributed by atoms with Gasteiger partial charge in [0.05, 0.1) is 0 Å². The zero-order valence-electron chi connectivity index (χ0n) is 10.4. The molecule has 1 aliphatic carbocycles. The lowest BCUT2D eigenvalue weighted by Crippen LogP contribution is -2.33. The molecular weight excluding hydrogens is 218 g/mol. The van der Waals surface area contributed by atoms with Crippen molar-refractivity contribution >= 4 is 16.5 Å². The number of hydrogen-bond acceptors (Lipinski definition) is 4. The van der Waals surface area contributed by atoms with E-state index in [2.05, 4.69) is 36.0 Å². The van der Waals surface area contributed by atoms with Crippen LogP contribution in [0.5, 0.6) is 0 Å². The molecule has 0 saturated heterocycles. The van der Waals surface area contributed by atoms with Gasteiger partial charge in [0, 0.05) is 19.0 Å². The van der Waals surface area contributed by atoms with E-state index in [9.17, 15) is 0 Å². The Hall–Kier alpha value is -0.640. The van der Waals surface area contributed by atoms with Crippen LogP contribution >= 0.6 is 11.3 Å². The third-order valence-electron chi connectivity index (χ3n) is 3.35. The Morgan fingerprint density at radius 2 is 1.88 bits per heavy atom. The Labute approximate surface area is 102 Å². The summed E-state index contributed by atoms with van der Waals surface area (Å²) in [6.45, 7) is 4.34. The molecule has 0 radical (unpaired) electrons. The zero-order chi connectivity index (χ0) is 11.5. The van der Waals surface area contributed by atoms with Crippen molar-refractivity contribution in [1.82, 2.24) is 10.2 Å². The highest BCUT2D eigenvalue weighted by atomic mass is 32.1. The molecule has 0 aliphatic heterocycles. The lowest BCUT2D eigenvalue weighted by Gasteiger charge is -2.30. The molecule has 1 fully saturated rings. The molecule has 0 N–H and O–H groups in total. The normalized spacial score (nSPS) is 18.0. The Bertz CT molecular complexity index is 329. The molecule has 0 bridgehead atoms. The minimum atomic E-state index is 0.492. The topological polar surface area (TPSA) is 29.0 Å². The van der Waals surface area contributed by atoms with Crippen LogP contribution in [0.2, 0.25) is 0 Å². The summed E-state index contributed by atoms with van der Waals surface area (Å²) in [5, 5.41) is 10.8. The third kappa shape index (κ3) is 2.54. The van der Waals surface area contributed by atoms with Crippen molar-refractivity contribution in [3.05, 3.63) is 5.01 Å². The number of nitrogens with zero attached hydrogens (tertiary/aromatic N) is 3. The average molecular weight is 239 g/mol. The van der Waals surface area contributed by atoms with Crippen LogP contribution in [-0.4, -0.2) is 23.3 Å². The van der Waals surface area contributed by atoms with Gasteiger partial charge in [-0.05, 0) is 12.8 Å². The van der Waals surface area contributed by atoms with Gasteiger partial charge in [0.1, 0.15) is 5.01 Å². The van der Waals surface area contributed by atoms with Crippen molar-refractivity contribution in [3.63, 3.8) is 0 Å². The van der Waals surface area contributed by atoms with E-state index < -0.39 is 0 Å². The SMILES string of the molecule is CC(C)c1nnc(N(C)C2CCCCC2)s1. The average Bonchev–Trinajstić information content (AvgIpc) is 2.78. The summed E-state index contributed by atoms with van der Waals surface area (Å²) in [4.78, 5) is 2.34. The molecule has 1 aliphatic rings. The van der Waals surface area contributed by atoms with E-state index in [-0.39, 0.29) is 0 Å². The maximum Gasteiger partial charge on any atom is 0.208 e. The van der Waals surface area contributed by atoms with Crippen LogP contribution in [-0.2, 0) is 0 Å². The predicted octanol–water partition coefficient (Wildman–Crippen LogP) is 3.43. The van der Waals surface area contributed by atoms with Gasteiger partial charge in [-0.15, -0.1) is 10.2 Å². The van der Waals surface area contributed by atoms with Crippen molar-refractivity contribution in [2.45, 2.75) is 57.9 Å². The summed E-state index contributed by atoms with van der Waals surface area (Å²) in [7, 11) is 2.17. The number of rotatable bonds is 3. The van der Waals surface area contributed by atoms with Gasteiger partial charge in [-0.1, -0.05) is 44.4 Å². The van der Waals surface area contributed by atoms with Crippen molar-refractivity contribution in [1.29, 1.82) is 0 Å². The van der Waals surface area contributed by atoms with Crippen LogP contribution in [0, 0.1) is 0 Å². The minimum Gasteiger partial charge on any atom is -0.347 e. The standard InChI is InChI=1S/C12H21N3S/c1-9(2)11-13-14-12(16-11)15(3)10-7-5-4-6-8-10/h9-10H,4-8H2,1-3H3. The zero-order valence-corrected chi connectivity index (χ0v) is 11.3. The molecule has 1 aromatic rings. The second-order valence-corrected chi connectivity index (χ2v) is 5.97. The van der Waals surface area contributed by atoms with Gasteiger partial charge in [-0.2, -0.15) is 0 Å². The van der Waals surface area contributed by atoms with Crippen LogP contribution in [0.15, 0.2) is 0 Å². The molecule has 3 nitrogen and oxygen atoms in total. The fourth-order valence-corrected chi connectivity index (χ4v) is 3.11. The highest BCUT2D eigenvalue weighted by Gasteiger charge is 2.21. The second kappa shape index (κ2) is 5.13. The van der Waals surface area contributed by atoms with Crippen LogP contribution in [0.4, 0.5) is 5.13 Å². The largest absolute Gasteiger partial charge is 0.347 e. The second-order valence-electron chi connectivity index (χ2n) is 4.98. The minimum absolute atomic E-state index is 0.492. The number of hydrogen-bond donors (Lipinski definition) is 0. The molecule has 4 heteroatoms. The van der Waals surface area contributed by atoms with E-state index in [1.54, 1.807) is 11.3 Å². The van der Waals surface area contributed by atoms with Gasteiger partial charge in [-0.3, -0.25) is 0 Å². The Morgan fingerprint density at radius 3 is 2.44 bits per heavy atom. The lowest BCUT2D eigenvalue weighted by molar-refractivity contribution is 0.427. The number of anilines is 1. The molecule has 0 unspecified atom stereocenters. The van der Waals surface area contributed by atoms with E-state index in [0.29, 0.717) is 12.0 Å². The van der Waals surface area contributed by atoms with Crippen LogP contribution in [0.3, 0.4) is 0 Å². The van der Waals surface area contributed by atoms with Crippen LogP contribution in [0.25, 0.3) is 0 Å². The molecule has 0 aromatic carbocycles. The predicted molar refractivity (Wildman–Crippen MR) is 69.3 cm³/mol. The first-order valence-corrected chi connectivity index (χ1v) is 7.06. The van der Waals surface area contributed by atoms with Crippen LogP contribution < -0.4 is 4.90 Å². The maximum absolute atomic E-state index is 4.31. The molecule has 90 valence electrons. The molecule has 0 amide bonds. The van der Waals surface area contributed by atoms with E-state index >= 15 is 0 Å². The fraction of sp³-hybridized carbons (Fsp3) is 0.833. The fourth-order valence-electron chi connectivity index (χ4n) is 2.23. The summed E-state index contributed by atoms with van der Waals surface area (Å²) < 4.78 is 0. The summed E-state index contributed by atoms with van der Waals surface area (Å²) in [6.07, 6.45) is 6.76. The number of aromatic nitrogens is 2. The van der Waals surface area contributed by atoms with E-state index in [1.807, 2.05) is 0 Å². The van der Waals surface area contributed by atoms with Gasteiger partial charge in [-0.25, -0.2) is 0 Å². The van der Waals surface area contributed by atoms with Gasteiger partial charge < -0.3 is 4.90 Å². The third-order valence-corrected chi connectivity index (χ3v) is 4.66. The molecule has 1 aromatic heterocycles. The van der Waals surface area contributed by atoms with Crippen LogP contribution in [0.1, 0.15) is 56.9 Å². The molecule has 0 atom stereocenters. The monoisotopic (exact) mass is 239 g/mol. The first kappa shape index (κ1) is 11.8. The molecule has 1 heterocycles. The van der Waals surface area contributed by atoms with E-state index in [4.69, 9.17) is 0 Å². The van der Waals surface area contributed by atoms with Gasteiger partial charge in [0.15, 0.2) is 0 Å². The van der Waals surface area contributed by atoms with E-state index in [0.717, 1.165) is 10.1 Å². The maximum atomic E-state index is 4.31. The first-order valence-electron chi connectivity index (χ1n) is 6.24. The Kier molecular flexibility index (Phi) is 3.79. The summed E-state index contributed by atoms with van der Waals surface area (Å²) in [6, 6.07) is 0.682. The van der Waals surface area contributed by atoms with Gasteiger partial charge in [0.2, 0.25) is 5.13 Å². The van der Waals surface area contributed by atoms with Gasteiger partial charge >= 0.3 is 0 Å². The van der Waals surface area contributed by atoms with Gasteiger partial charge in [0.25, 0.3) is 0 Å². The summed E-state index contributed by atoms with van der Waals surface area (Å²) in [5.74, 6) is 0.492. The smallest absolute Gasteiger partial charge is 0.208 e. The lowest BCUT2D eigenvalue weighted by atomic mass is 9.95. The van der Waals surface area contributed by atoms with Crippen molar-refractivity contribution in [2.24, 2.45) is 0 Å². The van der Waals surface area contributed by atoms with E-state index in [1.165, 1.54) is 32.1 Å². The molecule has 2 rings (SSSR count). The molecule has 0 spiro atoms.